The molecule has 7 nitrogen and oxygen atoms in total. The zero-order valence-electron chi connectivity index (χ0n) is 12.1. The fourth-order valence-electron chi connectivity index (χ4n) is 1.76. The van der Waals surface area contributed by atoms with E-state index in [0.29, 0.717) is 0 Å². The molecule has 0 aliphatic rings. The van der Waals surface area contributed by atoms with E-state index in [1.807, 2.05) is 0 Å². The van der Waals surface area contributed by atoms with Crippen LogP contribution < -0.4 is 9.47 Å². The summed E-state index contributed by atoms with van der Waals surface area (Å²) in [7, 11) is -1.32. The Kier molecular flexibility index (Phi) is 5.31. The Morgan fingerprint density at radius 3 is 2.05 bits per heavy atom. The van der Waals surface area contributed by atoms with Gasteiger partial charge < -0.3 is 14.2 Å². The first-order valence-corrected chi connectivity index (χ1v) is 7.83. The van der Waals surface area contributed by atoms with E-state index >= 15 is 0 Å². The molecule has 0 heterocycles. The zero-order chi connectivity index (χ0) is 16.2. The van der Waals surface area contributed by atoms with Gasteiger partial charge >= 0.3 is 5.97 Å². The minimum absolute atomic E-state index is 0.00886. The summed E-state index contributed by atoms with van der Waals surface area (Å²) in [6.07, 6.45) is 0.909. The molecule has 0 aromatic heterocycles. The number of esters is 1. The molecule has 0 radical (unpaired) electrons. The monoisotopic (exact) mass is 316 g/mol. The highest BCUT2D eigenvalue weighted by molar-refractivity contribution is 7.91. The zero-order valence-corrected chi connectivity index (χ0v) is 12.9. The third-order valence-electron chi connectivity index (χ3n) is 2.58. The van der Waals surface area contributed by atoms with Crippen LogP contribution in [0.2, 0.25) is 0 Å². The van der Waals surface area contributed by atoms with Crippen LogP contribution in [0.25, 0.3) is 0 Å². The van der Waals surface area contributed by atoms with Gasteiger partial charge in [-0.1, -0.05) is 0 Å². The Morgan fingerprint density at radius 2 is 1.62 bits per heavy atom. The van der Waals surface area contributed by atoms with E-state index in [-0.39, 0.29) is 18.1 Å². The number of sulfone groups is 1. The maximum absolute atomic E-state index is 12.2. The molecule has 0 saturated carbocycles. The SMILES string of the molecule is CCOC(=O)C(=O)c1c(OC)ccc(OC)c1S(C)(=O)=O. The Morgan fingerprint density at radius 1 is 1.10 bits per heavy atom. The van der Waals surface area contributed by atoms with Gasteiger partial charge in [-0.05, 0) is 19.1 Å². The lowest BCUT2D eigenvalue weighted by atomic mass is 10.1. The van der Waals surface area contributed by atoms with E-state index in [9.17, 15) is 18.0 Å². The van der Waals surface area contributed by atoms with Crippen molar-refractivity contribution in [3.8, 4) is 11.5 Å². The Balaban J connectivity index is 3.68. The van der Waals surface area contributed by atoms with Crippen molar-refractivity contribution in [3.63, 3.8) is 0 Å². The van der Waals surface area contributed by atoms with Gasteiger partial charge in [0.2, 0.25) is 0 Å². The molecule has 116 valence electrons. The minimum atomic E-state index is -3.84. The summed E-state index contributed by atoms with van der Waals surface area (Å²) in [5, 5.41) is 0. The first-order chi connectivity index (χ1) is 9.77. The van der Waals surface area contributed by atoms with Gasteiger partial charge in [0, 0.05) is 6.26 Å². The molecule has 1 aromatic carbocycles. The molecule has 0 atom stereocenters. The second-order valence-corrected chi connectivity index (χ2v) is 5.95. The predicted octanol–water partition coefficient (Wildman–Crippen LogP) is 0.853. The highest BCUT2D eigenvalue weighted by Gasteiger charge is 2.32. The van der Waals surface area contributed by atoms with Crippen molar-refractivity contribution < 1.29 is 32.2 Å². The lowest BCUT2D eigenvalue weighted by molar-refractivity contribution is -0.137. The number of hydrogen-bond donors (Lipinski definition) is 0. The molecular weight excluding hydrogens is 300 g/mol. The van der Waals surface area contributed by atoms with E-state index in [2.05, 4.69) is 4.74 Å². The number of ether oxygens (including phenoxy) is 3. The lowest BCUT2D eigenvalue weighted by Crippen LogP contribution is -2.21. The molecule has 1 aromatic rings. The number of carbonyl (C=O) groups excluding carboxylic acids is 2. The number of ketones is 1. The lowest BCUT2D eigenvalue weighted by Gasteiger charge is -2.14. The molecule has 0 aliphatic carbocycles. The number of carbonyl (C=O) groups is 2. The average Bonchev–Trinajstić information content (AvgIpc) is 2.44. The Labute approximate surface area is 122 Å². The van der Waals surface area contributed by atoms with Crippen molar-refractivity contribution in [2.75, 3.05) is 27.1 Å². The van der Waals surface area contributed by atoms with Crippen molar-refractivity contribution in [1.82, 2.24) is 0 Å². The third kappa shape index (κ3) is 3.52. The standard InChI is InChI=1S/C13H16O7S/c1-5-20-13(15)11(14)10-8(18-2)6-7-9(19-3)12(10)21(4,16)17/h6-7H,5H2,1-4H3. The van der Waals surface area contributed by atoms with E-state index in [4.69, 9.17) is 9.47 Å². The minimum Gasteiger partial charge on any atom is -0.496 e. The Hall–Kier alpha value is -2.09. The topological polar surface area (TPSA) is 96.0 Å². The van der Waals surface area contributed by atoms with Gasteiger partial charge in [0.05, 0.1) is 26.4 Å². The molecule has 8 heteroatoms. The van der Waals surface area contributed by atoms with Gasteiger partial charge in [-0.15, -0.1) is 0 Å². The molecule has 0 aliphatic heterocycles. The normalized spacial score (nSPS) is 10.9. The molecule has 0 saturated heterocycles. The summed E-state index contributed by atoms with van der Waals surface area (Å²) in [6.45, 7) is 1.52. The number of rotatable bonds is 6. The van der Waals surface area contributed by atoms with Crippen LogP contribution >= 0.6 is 0 Å². The second-order valence-electron chi connectivity index (χ2n) is 4.00. The quantitative estimate of drug-likeness (QED) is 0.436. The third-order valence-corrected chi connectivity index (χ3v) is 3.73. The fourth-order valence-corrected chi connectivity index (χ4v) is 2.84. The van der Waals surface area contributed by atoms with Crippen molar-refractivity contribution in [3.05, 3.63) is 17.7 Å². The first-order valence-electron chi connectivity index (χ1n) is 5.94. The number of methoxy groups -OCH3 is 2. The molecule has 1 rings (SSSR count). The Bertz CT molecular complexity index is 661. The average molecular weight is 316 g/mol. The van der Waals surface area contributed by atoms with Gasteiger partial charge in [-0.3, -0.25) is 4.79 Å². The van der Waals surface area contributed by atoms with Gasteiger partial charge in [-0.2, -0.15) is 0 Å². The van der Waals surface area contributed by atoms with Gasteiger partial charge in [0.1, 0.15) is 16.4 Å². The molecule has 0 spiro atoms. The van der Waals surface area contributed by atoms with Crippen LogP contribution in [-0.4, -0.2) is 47.3 Å². The van der Waals surface area contributed by atoms with Crippen molar-refractivity contribution in [1.29, 1.82) is 0 Å². The van der Waals surface area contributed by atoms with Crippen LogP contribution in [0.1, 0.15) is 17.3 Å². The molecule has 0 fully saturated rings. The summed E-state index contributed by atoms with van der Waals surface area (Å²) in [6, 6.07) is 2.69. The molecular formula is C13H16O7S. The number of hydrogen-bond acceptors (Lipinski definition) is 7. The number of benzene rings is 1. The van der Waals surface area contributed by atoms with Crippen LogP contribution in [0.5, 0.6) is 11.5 Å². The highest BCUT2D eigenvalue weighted by Crippen LogP contribution is 2.34. The predicted molar refractivity (Wildman–Crippen MR) is 73.6 cm³/mol. The van der Waals surface area contributed by atoms with Crippen LogP contribution in [0.4, 0.5) is 0 Å². The van der Waals surface area contributed by atoms with Crippen molar-refractivity contribution in [2.45, 2.75) is 11.8 Å². The summed E-state index contributed by atoms with van der Waals surface area (Å²) in [4.78, 5) is 23.4. The second kappa shape index (κ2) is 6.57. The van der Waals surface area contributed by atoms with Gasteiger partial charge in [0.15, 0.2) is 9.84 Å². The van der Waals surface area contributed by atoms with Crippen LogP contribution in [0, 0.1) is 0 Å². The van der Waals surface area contributed by atoms with Crippen LogP contribution in [0.3, 0.4) is 0 Å². The van der Waals surface area contributed by atoms with E-state index < -0.39 is 32.0 Å². The van der Waals surface area contributed by atoms with Gasteiger partial charge in [0.25, 0.3) is 5.78 Å². The highest BCUT2D eigenvalue weighted by atomic mass is 32.2. The molecule has 0 amide bonds. The number of Topliss-reactive ketones (excluding diaryl/α,β-unsaturated/α-hetero) is 1. The van der Waals surface area contributed by atoms with Crippen LogP contribution in [-0.2, 0) is 19.4 Å². The van der Waals surface area contributed by atoms with Crippen molar-refractivity contribution >= 4 is 21.6 Å². The largest absolute Gasteiger partial charge is 0.496 e. The van der Waals surface area contributed by atoms with Crippen LogP contribution in [0.15, 0.2) is 17.0 Å². The first kappa shape index (κ1) is 17.0. The molecule has 0 bridgehead atoms. The summed E-state index contributed by atoms with van der Waals surface area (Å²) in [5.74, 6) is -2.36. The van der Waals surface area contributed by atoms with E-state index in [0.717, 1.165) is 6.26 Å². The summed E-state index contributed by atoms with van der Waals surface area (Å²) >= 11 is 0. The summed E-state index contributed by atoms with van der Waals surface area (Å²) < 4.78 is 38.5. The maximum atomic E-state index is 12.2. The molecule has 0 unspecified atom stereocenters. The van der Waals surface area contributed by atoms with Gasteiger partial charge in [-0.25, -0.2) is 13.2 Å². The maximum Gasteiger partial charge on any atom is 0.379 e. The van der Waals surface area contributed by atoms with E-state index in [1.54, 1.807) is 0 Å². The van der Waals surface area contributed by atoms with Crippen molar-refractivity contribution in [2.24, 2.45) is 0 Å². The smallest absolute Gasteiger partial charge is 0.379 e. The summed E-state index contributed by atoms with van der Waals surface area (Å²) in [5.41, 5.74) is -0.391. The van der Waals surface area contributed by atoms with E-state index in [1.165, 1.54) is 33.3 Å². The molecule has 21 heavy (non-hydrogen) atoms. The fraction of sp³-hybridized carbons (Fsp3) is 0.385. The molecule has 0 N–H and O–H groups in total.